The van der Waals surface area contributed by atoms with Crippen molar-refractivity contribution in [3.8, 4) is 0 Å². The first-order chi connectivity index (χ1) is 14.3. The third kappa shape index (κ3) is 10.3. The van der Waals surface area contributed by atoms with Gasteiger partial charge in [-0.25, -0.2) is 4.79 Å². The maximum Gasteiger partial charge on any atom is 0.328 e. The number of primary amides is 1. The van der Waals surface area contributed by atoms with Gasteiger partial charge in [-0.15, -0.1) is 0 Å². The average Bonchev–Trinajstić information content (AvgIpc) is 2.66. The summed E-state index contributed by atoms with van der Waals surface area (Å²) in [6, 6.07) is -6.46. The normalized spacial score (nSPS) is 15.5. The van der Waals surface area contributed by atoms with Gasteiger partial charge in [0.05, 0.1) is 25.2 Å². The van der Waals surface area contributed by atoms with E-state index >= 15 is 0 Å². The molecule has 0 bridgehead atoms. The zero-order valence-electron chi connectivity index (χ0n) is 16.6. The number of carboxylic acids is 2. The van der Waals surface area contributed by atoms with Crippen LogP contribution >= 0.6 is 0 Å². The van der Waals surface area contributed by atoms with E-state index in [0.29, 0.717) is 0 Å². The predicted molar refractivity (Wildman–Crippen MR) is 101 cm³/mol. The number of hydrogen-bond donors (Lipinski definition) is 9. The number of nitrogens with two attached hydrogens (primary N) is 2. The zero-order valence-corrected chi connectivity index (χ0v) is 16.6. The highest BCUT2D eigenvalue weighted by Crippen LogP contribution is 2.02. The fraction of sp³-hybridized carbons (Fsp3) is 0.625. The molecule has 31 heavy (non-hydrogen) atoms. The van der Waals surface area contributed by atoms with Gasteiger partial charge in [0.2, 0.25) is 23.6 Å². The van der Waals surface area contributed by atoms with Crippen molar-refractivity contribution in [1.29, 1.82) is 0 Å². The smallest absolute Gasteiger partial charge is 0.328 e. The minimum Gasteiger partial charge on any atom is -0.481 e. The van der Waals surface area contributed by atoms with Gasteiger partial charge in [0, 0.05) is 6.42 Å². The molecule has 0 saturated heterocycles. The molecule has 0 saturated carbocycles. The molecule has 0 aromatic rings. The van der Waals surface area contributed by atoms with Gasteiger partial charge < -0.3 is 47.8 Å². The lowest BCUT2D eigenvalue weighted by atomic mass is 10.1. The van der Waals surface area contributed by atoms with Crippen molar-refractivity contribution in [2.45, 2.75) is 56.5 Å². The average molecular weight is 449 g/mol. The SMILES string of the molecule is CC(O)C(NC(=O)C(N)CCC(N)=O)C(=O)NC(CC(=O)O)C(=O)NC(CO)C(=O)O. The van der Waals surface area contributed by atoms with Gasteiger partial charge in [-0.05, 0) is 13.3 Å². The molecule has 5 unspecified atom stereocenters. The lowest BCUT2D eigenvalue weighted by molar-refractivity contribution is -0.144. The molecule has 0 aromatic carbocycles. The summed E-state index contributed by atoms with van der Waals surface area (Å²) in [5.41, 5.74) is 10.5. The van der Waals surface area contributed by atoms with Gasteiger partial charge in [-0.3, -0.25) is 24.0 Å². The van der Waals surface area contributed by atoms with Gasteiger partial charge in [-0.2, -0.15) is 0 Å². The molecule has 11 N–H and O–H groups in total. The van der Waals surface area contributed by atoms with E-state index in [1.165, 1.54) is 0 Å². The van der Waals surface area contributed by atoms with E-state index in [0.717, 1.165) is 6.92 Å². The minimum absolute atomic E-state index is 0.142. The second-order valence-electron chi connectivity index (χ2n) is 6.58. The van der Waals surface area contributed by atoms with Crippen molar-refractivity contribution in [3.05, 3.63) is 0 Å². The Hall–Kier alpha value is -3.30. The molecule has 4 amide bonds. The summed E-state index contributed by atoms with van der Waals surface area (Å²) < 4.78 is 0. The van der Waals surface area contributed by atoms with Gasteiger partial charge in [0.25, 0.3) is 0 Å². The summed E-state index contributed by atoms with van der Waals surface area (Å²) in [7, 11) is 0. The Bertz CT molecular complexity index is 698. The molecule has 0 aliphatic heterocycles. The lowest BCUT2D eigenvalue weighted by Gasteiger charge is -2.25. The van der Waals surface area contributed by atoms with Crippen molar-refractivity contribution in [2.24, 2.45) is 11.5 Å². The Labute approximate surface area is 176 Å². The Morgan fingerprint density at radius 3 is 1.87 bits per heavy atom. The van der Waals surface area contributed by atoms with E-state index in [4.69, 9.17) is 26.8 Å². The van der Waals surface area contributed by atoms with Crippen molar-refractivity contribution in [2.75, 3.05) is 6.61 Å². The molecule has 0 aromatic heterocycles. The number of carboxylic acid groups (broad SMARTS) is 2. The van der Waals surface area contributed by atoms with Crippen LogP contribution in [0.1, 0.15) is 26.2 Å². The molecule has 0 aliphatic rings. The molecular formula is C16H27N5O10. The minimum atomic E-state index is -1.79. The van der Waals surface area contributed by atoms with Gasteiger partial charge >= 0.3 is 11.9 Å². The summed E-state index contributed by atoms with van der Waals surface area (Å²) in [4.78, 5) is 69.4. The quantitative estimate of drug-likeness (QED) is 0.121. The fourth-order valence-corrected chi connectivity index (χ4v) is 2.20. The number of rotatable bonds is 14. The molecule has 176 valence electrons. The fourth-order valence-electron chi connectivity index (χ4n) is 2.20. The van der Waals surface area contributed by atoms with Crippen LogP contribution < -0.4 is 27.4 Å². The van der Waals surface area contributed by atoms with Crippen LogP contribution in [-0.4, -0.2) is 92.9 Å². The van der Waals surface area contributed by atoms with Crippen LogP contribution in [0.4, 0.5) is 0 Å². The third-order valence-corrected chi connectivity index (χ3v) is 3.91. The topological polar surface area (TPSA) is 271 Å². The van der Waals surface area contributed by atoms with Gasteiger partial charge in [0.1, 0.15) is 18.1 Å². The molecule has 0 spiro atoms. The number of carbonyl (C=O) groups excluding carboxylic acids is 4. The Morgan fingerprint density at radius 2 is 1.45 bits per heavy atom. The number of carbonyl (C=O) groups is 6. The monoisotopic (exact) mass is 449 g/mol. The van der Waals surface area contributed by atoms with Crippen LogP contribution in [0, 0.1) is 0 Å². The molecule has 0 radical (unpaired) electrons. The summed E-state index contributed by atoms with van der Waals surface area (Å²) in [5, 5.41) is 42.5. The predicted octanol–water partition coefficient (Wildman–Crippen LogP) is -5.03. The highest BCUT2D eigenvalue weighted by molar-refractivity contribution is 5.95. The number of amides is 4. The summed E-state index contributed by atoms with van der Waals surface area (Å²) >= 11 is 0. The number of nitrogens with one attached hydrogen (secondary N) is 3. The molecular weight excluding hydrogens is 422 g/mol. The van der Waals surface area contributed by atoms with E-state index < -0.39 is 78.9 Å². The first-order valence-corrected chi connectivity index (χ1v) is 8.98. The van der Waals surface area contributed by atoms with Crippen LogP contribution in [0.25, 0.3) is 0 Å². The number of aliphatic carboxylic acids is 2. The Balaban J connectivity index is 5.33. The van der Waals surface area contributed by atoms with Crippen LogP contribution in [0.3, 0.4) is 0 Å². The van der Waals surface area contributed by atoms with Gasteiger partial charge in [-0.1, -0.05) is 0 Å². The van der Waals surface area contributed by atoms with E-state index in [1.807, 2.05) is 10.6 Å². The summed E-state index contributed by atoms with van der Waals surface area (Å²) in [5.74, 6) is -7.16. The van der Waals surface area contributed by atoms with Crippen LogP contribution in [-0.2, 0) is 28.8 Å². The molecule has 15 heteroatoms. The first-order valence-electron chi connectivity index (χ1n) is 8.98. The molecule has 0 rings (SSSR count). The molecule has 15 nitrogen and oxygen atoms in total. The maximum atomic E-state index is 12.5. The van der Waals surface area contributed by atoms with Gasteiger partial charge in [0.15, 0.2) is 0 Å². The van der Waals surface area contributed by atoms with Crippen molar-refractivity contribution >= 4 is 35.6 Å². The number of aliphatic hydroxyl groups is 2. The Morgan fingerprint density at radius 1 is 0.903 bits per heavy atom. The zero-order chi connectivity index (χ0) is 24.3. The van der Waals surface area contributed by atoms with E-state index in [1.54, 1.807) is 0 Å². The summed E-state index contributed by atoms with van der Waals surface area (Å²) in [6.45, 7) is 0.127. The molecule has 0 fully saturated rings. The molecule has 0 aliphatic carbocycles. The third-order valence-electron chi connectivity index (χ3n) is 3.91. The summed E-state index contributed by atoms with van der Waals surface area (Å²) in [6.07, 6.45) is -2.83. The van der Waals surface area contributed by atoms with Crippen LogP contribution in [0.15, 0.2) is 0 Å². The number of aliphatic hydroxyl groups excluding tert-OH is 2. The highest BCUT2D eigenvalue weighted by Gasteiger charge is 2.33. The van der Waals surface area contributed by atoms with E-state index in [-0.39, 0.29) is 12.8 Å². The molecule has 0 heterocycles. The lowest BCUT2D eigenvalue weighted by Crippen LogP contribution is -2.60. The number of hydrogen-bond acceptors (Lipinski definition) is 9. The second-order valence-corrected chi connectivity index (χ2v) is 6.58. The maximum absolute atomic E-state index is 12.5. The second kappa shape index (κ2) is 13.1. The van der Waals surface area contributed by atoms with E-state index in [2.05, 4.69) is 5.32 Å². The van der Waals surface area contributed by atoms with Crippen molar-refractivity contribution in [1.82, 2.24) is 16.0 Å². The first kappa shape index (κ1) is 27.7. The van der Waals surface area contributed by atoms with Crippen LogP contribution in [0.5, 0.6) is 0 Å². The van der Waals surface area contributed by atoms with E-state index in [9.17, 15) is 33.9 Å². The van der Waals surface area contributed by atoms with Crippen molar-refractivity contribution < 1.29 is 49.2 Å². The van der Waals surface area contributed by atoms with Crippen LogP contribution in [0.2, 0.25) is 0 Å². The van der Waals surface area contributed by atoms with Crippen molar-refractivity contribution in [3.63, 3.8) is 0 Å². The molecule has 5 atom stereocenters. The highest BCUT2D eigenvalue weighted by atomic mass is 16.4. The Kier molecular flexibility index (Phi) is 11.7. The largest absolute Gasteiger partial charge is 0.481 e. The standard InChI is InChI=1S/C16H27N5O10/c1-6(23)12(21-13(27)7(17)2-3-10(18)24)15(29)19-8(4-11(25)26)14(28)20-9(5-22)16(30)31/h6-9,12,22-23H,2-5,17H2,1H3,(H2,18,24)(H,19,29)(H,20,28)(H,21,27)(H,25,26)(H,30,31).